The van der Waals surface area contributed by atoms with E-state index < -0.39 is 0 Å². The molecule has 1 aromatic rings. The van der Waals surface area contributed by atoms with Gasteiger partial charge >= 0.3 is 0 Å². The molecule has 0 atom stereocenters. The third-order valence-electron chi connectivity index (χ3n) is 4.47. The Morgan fingerprint density at radius 2 is 1.60 bits per heavy atom. The maximum Gasteiger partial charge on any atom is 0.212 e. The average Bonchev–Trinajstić information content (AvgIpc) is 2.78. The molecule has 0 radical (unpaired) electrons. The highest BCUT2D eigenvalue weighted by Crippen LogP contribution is 2.40. The van der Waals surface area contributed by atoms with Gasteiger partial charge in [0.15, 0.2) is 0 Å². The van der Waals surface area contributed by atoms with Gasteiger partial charge in [0.2, 0.25) is 5.90 Å². The van der Waals surface area contributed by atoms with Gasteiger partial charge in [0, 0.05) is 12.0 Å². The van der Waals surface area contributed by atoms with Crippen molar-refractivity contribution >= 4 is 5.90 Å². The number of nitrogens with zero attached hydrogens (tertiary/aromatic N) is 1. The van der Waals surface area contributed by atoms with E-state index >= 15 is 0 Å². The van der Waals surface area contributed by atoms with Crippen molar-refractivity contribution in [3.63, 3.8) is 0 Å². The first-order valence-corrected chi connectivity index (χ1v) is 8.98. The highest BCUT2D eigenvalue weighted by Gasteiger charge is 2.29. The van der Waals surface area contributed by atoms with Crippen LogP contribution in [0, 0.1) is 0 Å². The lowest BCUT2D eigenvalue weighted by atomic mass is 9.78. The van der Waals surface area contributed by atoms with E-state index in [0.29, 0.717) is 24.7 Å². The van der Waals surface area contributed by atoms with E-state index in [1.807, 2.05) is 0 Å². The molecule has 1 N–H and O–H groups in total. The van der Waals surface area contributed by atoms with Crippen molar-refractivity contribution in [3.8, 4) is 5.75 Å². The Balaban J connectivity index is 2.43. The number of ether oxygens (including phenoxy) is 1. The molecule has 0 aliphatic carbocycles. The van der Waals surface area contributed by atoms with Crippen LogP contribution >= 0.6 is 0 Å². The number of hydrogen-bond acceptors (Lipinski definition) is 3. The molecule has 1 heterocycles. The van der Waals surface area contributed by atoms with Crippen LogP contribution in [0.5, 0.6) is 5.75 Å². The second-order valence-corrected chi connectivity index (χ2v) is 9.84. The van der Waals surface area contributed by atoms with E-state index in [1.165, 1.54) is 0 Å². The summed E-state index contributed by atoms with van der Waals surface area (Å²) in [5.41, 5.74) is 3.51. The van der Waals surface area contributed by atoms with E-state index in [4.69, 9.17) is 4.74 Å². The molecule has 0 saturated heterocycles. The fourth-order valence-electron chi connectivity index (χ4n) is 3.03. The number of benzene rings is 1. The van der Waals surface area contributed by atoms with Crippen molar-refractivity contribution in [1.29, 1.82) is 0 Å². The summed E-state index contributed by atoms with van der Waals surface area (Å²) in [6.07, 6.45) is 0.668. The Morgan fingerprint density at radius 3 is 1.96 bits per heavy atom. The molecular formula is C22H33NO2. The highest BCUT2D eigenvalue weighted by molar-refractivity contribution is 5.94. The summed E-state index contributed by atoms with van der Waals surface area (Å²) in [7, 11) is 0. The lowest BCUT2D eigenvalue weighted by Crippen LogP contribution is -2.18. The second-order valence-electron chi connectivity index (χ2n) is 9.84. The largest absolute Gasteiger partial charge is 0.507 e. The van der Waals surface area contributed by atoms with Gasteiger partial charge in [0.1, 0.15) is 12.4 Å². The van der Waals surface area contributed by atoms with Crippen molar-refractivity contribution in [2.24, 2.45) is 4.99 Å². The number of phenols is 1. The first-order chi connectivity index (χ1) is 11.2. The van der Waals surface area contributed by atoms with Crippen LogP contribution < -0.4 is 0 Å². The van der Waals surface area contributed by atoms with Crippen molar-refractivity contribution in [3.05, 3.63) is 41.0 Å². The smallest absolute Gasteiger partial charge is 0.212 e. The Hall–Kier alpha value is -1.77. The summed E-state index contributed by atoms with van der Waals surface area (Å²) in [4.78, 5) is 4.62. The third kappa shape index (κ3) is 4.45. The maximum atomic E-state index is 10.8. The van der Waals surface area contributed by atoms with Crippen molar-refractivity contribution in [1.82, 2.24) is 0 Å². The molecule has 0 bridgehead atoms. The molecule has 0 aromatic heterocycles. The number of aromatic hydroxyl groups is 1. The molecule has 138 valence electrons. The quantitative estimate of drug-likeness (QED) is 0.810. The summed E-state index contributed by atoms with van der Waals surface area (Å²) in [5, 5.41) is 10.8. The number of aliphatic imine (C=N–C) groups is 1. The van der Waals surface area contributed by atoms with Gasteiger partial charge in [0.05, 0.1) is 5.54 Å². The molecule has 1 aliphatic heterocycles. The molecular weight excluding hydrogens is 310 g/mol. The fourth-order valence-corrected chi connectivity index (χ4v) is 3.03. The predicted molar refractivity (Wildman–Crippen MR) is 106 cm³/mol. The van der Waals surface area contributed by atoms with E-state index in [0.717, 1.165) is 22.3 Å². The number of phenolic OH excluding ortho intramolecular Hbond substituents is 1. The van der Waals surface area contributed by atoms with Crippen LogP contribution in [0.4, 0.5) is 0 Å². The maximum absolute atomic E-state index is 10.8. The Bertz CT molecular complexity index is 678. The van der Waals surface area contributed by atoms with Crippen LogP contribution in [0.3, 0.4) is 0 Å². The molecule has 0 saturated carbocycles. The highest BCUT2D eigenvalue weighted by atomic mass is 16.5. The third-order valence-corrected chi connectivity index (χ3v) is 4.47. The SMILES string of the molecule is C=C(Cc1cc(C(C)(C)C)c(O)c(C(C)(C)C)c1)C1=NC(C)(C)CO1. The fraction of sp³-hybridized carbons (Fsp3) is 0.591. The Labute approximate surface area is 152 Å². The van der Waals surface area contributed by atoms with Gasteiger partial charge in [-0.3, -0.25) is 0 Å². The zero-order valence-electron chi connectivity index (χ0n) is 17.1. The minimum absolute atomic E-state index is 0.134. The van der Waals surface area contributed by atoms with Crippen LogP contribution in [0.2, 0.25) is 0 Å². The standard InChI is InChI=1S/C22H33NO2/c1-14(19-23-22(8,9)13-25-19)10-15-11-16(20(2,3)4)18(24)17(12-15)21(5,6)7/h11-12,24H,1,10,13H2,2-9H3. The van der Waals surface area contributed by atoms with Crippen LogP contribution in [0.1, 0.15) is 72.1 Å². The molecule has 1 aliphatic rings. The topological polar surface area (TPSA) is 41.8 Å². The zero-order chi connectivity index (χ0) is 19.2. The van der Waals surface area contributed by atoms with Gasteiger partial charge in [-0.15, -0.1) is 0 Å². The van der Waals surface area contributed by atoms with Gasteiger partial charge in [-0.25, -0.2) is 4.99 Å². The van der Waals surface area contributed by atoms with Gasteiger partial charge in [-0.1, -0.05) is 60.3 Å². The normalized spacial score (nSPS) is 17.2. The monoisotopic (exact) mass is 343 g/mol. The summed E-state index contributed by atoms with van der Waals surface area (Å²) in [5.74, 6) is 1.07. The van der Waals surface area contributed by atoms with Crippen molar-refractivity contribution in [2.75, 3.05) is 6.61 Å². The van der Waals surface area contributed by atoms with Gasteiger partial charge in [-0.2, -0.15) is 0 Å². The van der Waals surface area contributed by atoms with Crippen LogP contribution in [0.25, 0.3) is 0 Å². The lowest BCUT2D eigenvalue weighted by Gasteiger charge is -2.28. The predicted octanol–water partition coefficient (Wildman–Crippen LogP) is 5.29. The molecule has 1 aromatic carbocycles. The van der Waals surface area contributed by atoms with E-state index in [-0.39, 0.29) is 16.4 Å². The van der Waals surface area contributed by atoms with Gasteiger partial charge < -0.3 is 9.84 Å². The van der Waals surface area contributed by atoms with Crippen molar-refractivity contribution in [2.45, 2.75) is 78.2 Å². The van der Waals surface area contributed by atoms with E-state index in [9.17, 15) is 5.11 Å². The molecule has 2 rings (SSSR count). The van der Waals surface area contributed by atoms with Crippen LogP contribution in [-0.4, -0.2) is 23.2 Å². The van der Waals surface area contributed by atoms with Crippen molar-refractivity contribution < 1.29 is 9.84 Å². The first kappa shape index (κ1) is 19.6. The first-order valence-electron chi connectivity index (χ1n) is 8.98. The zero-order valence-corrected chi connectivity index (χ0v) is 17.1. The minimum Gasteiger partial charge on any atom is -0.507 e. The molecule has 0 unspecified atom stereocenters. The molecule has 0 spiro atoms. The van der Waals surface area contributed by atoms with E-state index in [1.54, 1.807) is 0 Å². The van der Waals surface area contributed by atoms with Crippen LogP contribution in [0.15, 0.2) is 29.3 Å². The summed E-state index contributed by atoms with van der Waals surface area (Å²) in [6.45, 7) is 21.6. The summed E-state index contributed by atoms with van der Waals surface area (Å²) < 4.78 is 5.72. The number of rotatable bonds is 3. The van der Waals surface area contributed by atoms with E-state index in [2.05, 4.69) is 79.1 Å². The second kappa shape index (κ2) is 6.19. The Morgan fingerprint density at radius 1 is 1.12 bits per heavy atom. The molecule has 25 heavy (non-hydrogen) atoms. The molecule has 0 fully saturated rings. The lowest BCUT2D eigenvalue weighted by molar-refractivity contribution is 0.279. The van der Waals surface area contributed by atoms with Gasteiger partial charge in [-0.05, 0) is 41.4 Å². The average molecular weight is 344 g/mol. The number of hydrogen-bond donors (Lipinski definition) is 1. The van der Waals surface area contributed by atoms with Gasteiger partial charge in [0.25, 0.3) is 0 Å². The summed E-state index contributed by atoms with van der Waals surface area (Å²) >= 11 is 0. The molecule has 3 nitrogen and oxygen atoms in total. The summed E-state index contributed by atoms with van der Waals surface area (Å²) in [6, 6.07) is 4.19. The Kier molecular flexibility index (Phi) is 4.84. The molecule has 0 amide bonds. The molecule has 3 heteroatoms. The van der Waals surface area contributed by atoms with Crippen LogP contribution in [-0.2, 0) is 22.0 Å². The minimum atomic E-state index is -0.180.